The van der Waals surface area contributed by atoms with E-state index in [0.29, 0.717) is 49.7 Å². The molecule has 1 heterocycles. The van der Waals surface area contributed by atoms with Crippen molar-refractivity contribution in [2.45, 2.75) is 6.92 Å². The van der Waals surface area contributed by atoms with Gasteiger partial charge in [0.2, 0.25) is 5.91 Å². The Bertz CT molecular complexity index is 784. The second kappa shape index (κ2) is 8.10. The number of carbonyl (C=O) groups is 2. The zero-order chi connectivity index (χ0) is 18.5. The molecule has 2 aromatic rings. The number of anilines is 2. The van der Waals surface area contributed by atoms with Crippen LogP contribution in [0.25, 0.3) is 0 Å². The van der Waals surface area contributed by atoms with Crippen molar-refractivity contribution in [3.8, 4) is 0 Å². The van der Waals surface area contributed by atoms with Gasteiger partial charge in [0.05, 0.1) is 12.2 Å². The van der Waals surface area contributed by atoms with E-state index < -0.39 is 0 Å². The predicted octanol–water partition coefficient (Wildman–Crippen LogP) is 2.79. The summed E-state index contributed by atoms with van der Waals surface area (Å²) in [5.74, 6) is -0.316. The van der Waals surface area contributed by atoms with Crippen LogP contribution in [-0.2, 0) is 4.79 Å². The van der Waals surface area contributed by atoms with Crippen LogP contribution in [-0.4, -0.2) is 49.3 Å². The highest BCUT2D eigenvalue weighted by molar-refractivity contribution is 5.96. The van der Waals surface area contributed by atoms with Gasteiger partial charge in [-0.05, 0) is 43.3 Å². The van der Waals surface area contributed by atoms with Crippen LogP contribution in [0.3, 0.4) is 0 Å². The van der Waals surface area contributed by atoms with Gasteiger partial charge in [-0.3, -0.25) is 14.5 Å². The van der Waals surface area contributed by atoms with Gasteiger partial charge in [0.1, 0.15) is 5.82 Å². The number of nitrogens with zero attached hydrogens (tertiary/aromatic N) is 2. The molecule has 0 aliphatic carbocycles. The van der Waals surface area contributed by atoms with E-state index in [4.69, 9.17) is 0 Å². The van der Waals surface area contributed by atoms with E-state index in [-0.39, 0.29) is 17.5 Å². The zero-order valence-corrected chi connectivity index (χ0v) is 14.7. The van der Waals surface area contributed by atoms with Gasteiger partial charge in [0.25, 0.3) is 0 Å². The summed E-state index contributed by atoms with van der Waals surface area (Å²) in [4.78, 5) is 27.5. The number of benzene rings is 2. The summed E-state index contributed by atoms with van der Waals surface area (Å²) in [7, 11) is 0. The van der Waals surface area contributed by atoms with Gasteiger partial charge >= 0.3 is 0 Å². The third kappa shape index (κ3) is 4.46. The van der Waals surface area contributed by atoms with E-state index in [1.807, 2.05) is 11.0 Å². The van der Waals surface area contributed by atoms with Crippen LogP contribution < -0.4 is 10.2 Å². The van der Waals surface area contributed by atoms with Crippen LogP contribution in [0.15, 0.2) is 48.5 Å². The maximum atomic E-state index is 13.9. The molecule has 0 spiro atoms. The van der Waals surface area contributed by atoms with Gasteiger partial charge in [-0.25, -0.2) is 4.39 Å². The summed E-state index contributed by atoms with van der Waals surface area (Å²) in [6, 6.07) is 13.6. The Morgan fingerprint density at radius 3 is 2.27 bits per heavy atom. The van der Waals surface area contributed by atoms with E-state index in [9.17, 15) is 14.0 Å². The molecule has 1 aliphatic rings. The van der Waals surface area contributed by atoms with E-state index in [0.717, 1.165) is 0 Å². The number of Topliss-reactive ketones (excluding diaryl/α,β-unsaturated/α-hetero) is 1. The van der Waals surface area contributed by atoms with E-state index in [2.05, 4.69) is 10.2 Å². The van der Waals surface area contributed by atoms with Crippen molar-refractivity contribution in [3.05, 3.63) is 59.9 Å². The second-order valence-corrected chi connectivity index (χ2v) is 6.40. The van der Waals surface area contributed by atoms with Crippen molar-refractivity contribution < 1.29 is 14.0 Å². The average Bonchev–Trinajstić information content (AvgIpc) is 2.63. The molecule has 1 amide bonds. The van der Waals surface area contributed by atoms with Crippen LogP contribution in [0.2, 0.25) is 0 Å². The fourth-order valence-corrected chi connectivity index (χ4v) is 3.05. The van der Waals surface area contributed by atoms with Crippen molar-refractivity contribution >= 4 is 23.1 Å². The molecule has 0 atom stereocenters. The Kier molecular flexibility index (Phi) is 5.63. The molecule has 0 bridgehead atoms. The first-order valence-corrected chi connectivity index (χ1v) is 8.65. The molecule has 1 saturated heterocycles. The molecule has 0 radical (unpaired) electrons. The highest BCUT2D eigenvalue weighted by Crippen LogP contribution is 2.20. The Labute approximate surface area is 152 Å². The minimum absolute atomic E-state index is 0.00407. The maximum Gasteiger partial charge on any atom is 0.238 e. The first kappa shape index (κ1) is 18.1. The molecular formula is C20H22FN3O2. The van der Waals surface area contributed by atoms with Gasteiger partial charge < -0.3 is 10.2 Å². The number of rotatable bonds is 5. The Morgan fingerprint density at radius 1 is 1.00 bits per heavy atom. The number of ketones is 1. The predicted molar refractivity (Wildman–Crippen MR) is 100 cm³/mol. The Hall–Kier alpha value is -2.73. The fourth-order valence-electron chi connectivity index (χ4n) is 3.05. The maximum absolute atomic E-state index is 13.9. The summed E-state index contributed by atoms with van der Waals surface area (Å²) >= 11 is 0. The number of halogens is 1. The summed E-state index contributed by atoms with van der Waals surface area (Å²) in [6.45, 7) is 4.56. The van der Waals surface area contributed by atoms with Crippen LogP contribution in [0.5, 0.6) is 0 Å². The first-order chi connectivity index (χ1) is 12.5. The van der Waals surface area contributed by atoms with Gasteiger partial charge in [-0.15, -0.1) is 0 Å². The number of amides is 1. The quantitative estimate of drug-likeness (QED) is 0.838. The first-order valence-electron chi connectivity index (χ1n) is 8.65. The number of piperazine rings is 1. The van der Waals surface area contributed by atoms with Crippen molar-refractivity contribution in [1.82, 2.24) is 4.90 Å². The summed E-state index contributed by atoms with van der Waals surface area (Å²) in [6.07, 6.45) is 0. The average molecular weight is 355 g/mol. The summed E-state index contributed by atoms with van der Waals surface area (Å²) in [5, 5.41) is 2.84. The van der Waals surface area contributed by atoms with Gasteiger partial charge in [0, 0.05) is 37.4 Å². The number of hydrogen-bond donors (Lipinski definition) is 1. The minimum Gasteiger partial charge on any atom is -0.367 e. The van der Waals surface area contributed by atoms with Crippen LogP contribution in [0.1, 0.15) is 17.3 Å². The minimum atomic E-state index is -0.215. The SMILES string of the molecule is CC(=O)c1ccc(NC(=O)CN2CCN(c3ccccc3F)CC2)cc1. The van der Waals surface area contributed by atoms with E-state index in [1.54, 1.807) is 36.4 Å². The number of carbonyl (C=O) groups excluding carboxylic acids is 2. The molecule has 26 heavy (non-hydrogen) atoms. The Morgan fingerprint density at radius 2 is 1.65 bits per heavy atom. The molecule has 1 N–H and O–H groups in total. The third-order valence-corrected chi connectivity index (χ3v) is 4.51. The molecule has 1 aliphatic heterocycles. The molecule has 1 fully saturated rings. The van der Waals surface area contributed by atoms with Crippen LogP contribution in [0, 0.1) is 5.82 Å². The molecular weight excluding hydrogens is 333 g/mol. The molecule has 6 heteroatoms. The number of para-hydroxylation sites is 1. The Balaban J connectivity index is 1.49. The van der Waals surface area contributed by atoms with Crippen molar-refractivity contribution in [2.75, 3.05) is 42.9 Å². The lowest BCUT2D eigenvalue weighted by Gasteiger charge is -2.35. The van der Waals surface area contributed by atoms with Crippen molar-refractivity contribution in [1.29, 1.82) is 0 Å². The van der Waals surface area contributed by atoms with Crippen molar-refractivity contribution in [3.63, 3.8) is 0 Å². The summed E-state index contributed by atoms with van der Waals surface area (Å²) < 4.78 is 13.9. The lowest BCUT2D eigenvalue weighted by atomic mass is 10.1. The third-order valence-electron chi connectivity index (χ3n) is 4.51. The van der Waals surface area contributed by atoms with E-state index in [1.165, 1.54) is 13.0 Å². The molecule has 0 aromatic heterocycles. The smallest absolute Gasteiger partial charge is 0.238 e. The van der Waals surface area contributed by atoms with Gasteiger partial charge in [-0.1, -0.05) is 12.1 Å². The lowest BCUT2D eigenvalue weighted by molar-refractivity contribution is -0.117. The fraction of sp³-hybridized carbons (Fsp3) is 0.300. The molecule has 2 aromatic carbocycles. The number of nitrogens with one attached hydrogen (secondary N) is 1. The van der Waals surface area contributed by atoms with Gasteiger partial charge in [0.15, 0.2) is 5.78 Å². The molecule has 136 valence electrons. The largest absolute Gasteiger partial charge is 0.367 e. The standard InChI is InChI=1S/C20H22FN3O2/c1-15(25)16-6-8-17(9-7-16)22-20(26)14-23-10-12-24(13-11-23)19-5-3-2-4-18(19)21/h2-9H,10-14H2,1H3,(H,22,26). The highest BCUT2D eigenvalue weighted by Gasteiger charge is 2.20. The second-order valence-electron chi connectivity index (χ2n) is 6.40. The van der Waals surface area contributed by atoms with Gasteiger partial charge in [-0.2, -0.15) is 0 Å². The molecule has 3 rings (SSSR count). The molecule has 0 saturated carbocycles. The zero-order valence-electron chi connectivity index (χ0n) is 14.7. The van der Waals surface area contributed by atoms with Crippen LogP contribution in [0.4, 0.5) is 15.8 Å². The lowest BCUT2D eigenvalue weighted by Crippen LogP contribution is -2.48. The number of hydrogen-bond acceptors (Lipinski definition) is 4. The highest BCUT2D eigenvalue weighted by atomic mass is 19.1. The normalized spacial score (nSPS) is 14.9. The molecule has 5 nitrogen and oxygen atoms in total. The summed E-state index contributed by atoms with van der Waals surface area (Å²) in [5.41, 5.74) is 1.90. The van der Waals surface area contributed by atoms with Crippen molar-refractivity contribution in [2.24, 2.45) is 0 Å². The monoisotopic (exact) mass is 355 g/mol. The van der Waals surface area contributed by atoms with Crippen LogP contribution >= 0.6 is 0 Å². The molecule has 0 unspecified atom stereocenters. The topological polar surface area (TPSA) is 52.7 Å². The van der Waals surface area contributed by atoms with E-state index >= 15 is 0 Å².